The van der Waals surface area contributed by atoms with Crippen LogP contribution in [0.1, 0.15) is 36.6 Å². The number of alkyl halides is 3. The van der Waals surface area contributed by atoms with Crippen molar-refractivity contribution in [3.05, 3.63) is 42.6 Å². The molecule has 6 nitrogen and oxygen atoms in total. The molecule has 1 saturated carbocycles. The Morgan fingerprint density at radius 3 is 2.74 bits per heavy atom. The normalized spacial score (nSPS) is 18.0. The minimum atomic E-state index is -4.44. The highest BCUT2D eigenvalue weighted by Crippen LogP contribution is 2.42. The SMILES string of the molecule is C=C(CCN1CCOCC1)n1cc(-c2cnc3[nH]cc(C(F)(F)F)c3c2)nc1C1CC1. The first-order valence-electron chi connectivity index (χ1n) is 10.5. The predicted octanol–water partition coefficient (Wildman–Crippen LogP) is 4.52. The summed E-state index contributed by atoms with van der Waals surface area (Å²) in [4.78, 5) is 13.9. The van der Waals surface area contributed by atoms with Crippen LogP contribution in [0.4, 0.5) is 13.2 Å². The van der Waals surface area contributed by atoms with E-state index in [9.17, 15) is 13.2 Å². The Balaban J connectivity index is 1.43. The topological polar surface area (TPSA) is 59.0 Å². The lowest BCUT2D eigenvalue weighted by molar-refractivity contribution is -0.136. The number of rotatable bonds is 6. The van der Waals surface area contributed by atoms with Gasteiger partial charge in [-0.3, -0.25) is 4.90 Å². The lowest BCUT2D eigenvalue weighted by Crippen LogP contribution is -2.37. The number of morpholine rings is 1. The van der Waals surface area contributed by atoms with E-state index in [0.717, 1.165) is 69.8 Å². The van der Waals surface area contributed by atoms with Crippen molar-refractivity contribution in [3.8, 4) is 11.3 Å². The molecule has 2 fully saturated rings. The third-order valence-corrected chi connectivity index (χ3v) is 5.97. The van der Waals surface area contributed by atoms with Gasteiger partial charge in [-0.25, -0.2) is 9.97 Å². The van der Waals surface area contributed by atoms with Crippen LogP contribution in [0.2, 0.25) is 0 Å². The number of hydrogen-bond acceptors (Lipinski definition) is 4. The van der Waals surface area contributed by atoms with E-state index in [0.29, 0.717) is 17.2 Å². The Labute approximate surface area is 177 Å². The van der Waals surface area contributed by atoms with Crippen molar-refractivity contribution < 1.29 is 17.9 Å². The molecule has 4 heterocycles. The second kappa shape index (κ2) is 7.80. The number of H-pyrrole nitrogens is 1. The third kappa shape index (κ3) is 4.12. The van der Waals surface area contributed by atoms with Gasteiger partial charge in [0.1, 0.15) is 11.5 Å². The van der Waals surface area contributed by atoms with Crippen molar-refractivity contribution >= 4 is 16.7 Å². The summed E-state index contributed by atoms with van der Waals surface area (Å²) >= 11 is 0. The zero-order valence-electron chi connectivity index (χ0n) is 17.1. The van der Waals surface area contributed by atoms with Crippen molar-refractivity contribution in [1.29, 1.82) is 0 Å². The van der Waals surface area contributed by atoms with Crippen LogP contribution >= 0.6 is 0 Å². The molecule has 164 valence electrons. The van der Waals surface area contributed by atoms with Crippen molar-refractivity contribution in [3.63, 3.8) is 0 Å². The maximum absolute atomic E-state index is 13.3. The van der Waals surface area contributed by atoms with Crippen molar-refractivity contribution in [2.24, 2.45) is 0 Å². The number of hydrogen-bond donors (Lipinski definition) is 1. The minimum Gasteiger partial charge on any atom is -0.379 e. The van der Waals surface area contributed by atoms with Gasteiger partial charge in [-0.05, 0) is 18.9 Å². The van der Waals surface area contributed by atoms with E-state index in [1.807, 2.05) is 10.8 Å². The highest BCUT2D eigenvalue weighted by atomic mass is 19.4. The lowest BCUT2D eigenvalue weighted by Gasteiger charge is -2.27. The Morgan fingerprint density at radius 2 is 2.03 bits per heavy atom. The maximum Gasteiger partial charge on any atom is 0.418 e. The fraction of sp³-hybridized carbons (Fsp3) is 0.455. The summed E-state index contributed by atoms with van der Waals surface area (Å²) in [6, 6.07) is 1.52. The van der Waals surface area contributed by atoms with Gasteiger partial charge in [0.15, 0.2) is 0 Å². The van der Waals surface area contributed by atoms with Crippen LogP contribution in [-0.2, 0) is 10.9 Å². The molecular formula is C22H24F3N5O. The van der Waals surface area contributed by atoms with Gasteiger partial charge >= 0.3 is 6.18 Å². The zero-order valence-corrected chi connectivity index (χ0v) is 17.1. The van der Waals surface area contributed by atoms with E-state index in [-0.39, 0.29) is 11.0 Å². The van der Waals surface area contributed by atoms with Gasteiger partial charge in [0, 0.05) is 67.2 Å². The quantitative estimate of drug-likeness (QED) is 0.624. The smallest absolute Gasteiger partial charge is 0.379 e. The molecule has 0 radical (unpaired) electrons. The van der Waals surface area contributed by atoms with Crippen LogP contribution in [0.15, 0.2) is 31.2 Å². The standard InChI is InChI=1S/C22H24F3N5O/c1-14(4-5-29-6-8-31-9-7-29)30-13-19(28-21(30)15-2-3-15)16-10-17-18(22(23,24)25)12-27-20(17)26-11-16/h10-13,15H,1-9H2,(H,26,27). The Hall–Kier alpha value is -2.65. The van der Waals surface area contributed by atoms with E-state index in [1.54, 1.807) is 6.20 Å². The highest BCUT2D eigenvalue weighted by molar-refractivity contribution is 5.84. The summed E-state index contributed by atoms with van der Waals surface area (Å²) in [6.45, 7) is 8.51. The van der Waals surface area contributed by atoms with Gasteiger partial charge in [0.2, 0.25) is 0 Å². The van der Waals surface area contributed by atoms with Crippen molar-refractivity contribution in [2.75, 3.05) is 32.8 Å². The van der Waals surface area contributed by atoms with E-state index in [4.69, 9.17) is 9.72 Å². The molecule has 0 unspecified atom stereocenters. The number of nitrogens with one attached hydrogen (secondary N) is 1. The zero-order chi connectivity index (χ0) is 21.6. The molecule has 31 heavy (non-hydrogen) atoms. The highest BCUT2D eigenvalue weighted by Gasteiger charge is 2.34. The number of aromatic amines is 1. The van der Waals surface area contributed by atoms with E-state index >= 15 is 0 Å². The number of nitrogens with zero attached hydrogens (tertiary/aromatic N) is 4. The molecular weight excluding hydrogens is 407 g/mol. The molecule has 0 amide bonds. The van der Waals surface area contributed by atoms with Gasteiger partial charge in [0.05, 0.1) is 24.5 Å². The number of pyridine rings is 1. The van der Waals surface area contributed by atoms with Crippen LogP contribution in [0.5, 0.6) is 0 Å². The number of aromatic nitrogens is 4. The molecule has 9 heteroatoms. The van der Waals surface area contributed by atoms with Crippen LogP contribution in [0.25, 0.3) is 28.0 Å². The van der Waals surface area contributed by atoms with E-state index < -0.39 is 11.7 Å². The van der Waals surface area contributed by atoms with Crippen molar-refractivity contribution in [2.45, 2.75) is 31.4 Å². The average Bonchev–Trinajstić information content (AvgIpc) is 3.34. The predicted molar refractivity (Wildman–Crippen MR) is 111 cm³/mol. The molecule has 1 saturated heterocycles. The number of halogens is 3. The second-order valence-corrected chi connectivity index (χ2v) is 8.22. The van der Waals surface area contributed by atoms with Gasteiger partial charge in [-0.15, -0.1) is 0 Å². The largest absolute Gasteiger partial charge is 0.418 e. The summed E-state index contributed by atoms with van der Waals surface area (Å²) < 4.78 is 47.4. The molecule has 0 aromatic carbocycles. The molecule has 0 spiro atoms. The van der Waals surface area contributed by atoms with Gasteiger partial charge < -0.3 is 14.3 Å². The van der Waals surface area contributed by atoms with E-state index in [2.05, 4.69) is 21.4 Å². The molecule has 0 atom stereocenters. The van der Waals surface area contributed by atoms with Crippen molar-refractivity contribution in [1.82, 2.24) is 24.4 Å². The Bertz CT molecular complexity index is 1110. The van der Waals surface area contributed by atoms with Crippen LogP contribution in [0, 0.1) is 0 Å². The summed E-state index contributed by atoms with van der Waals surface area (Å²) in [5, 5.41) is 0.0543. The first-order chi connectivity index (χ1) is 14.9. The van der Waals surface area contributed by atoms with Gasteiger partial charge in [0.25, 0.3) is 0 Å². The second-order valence-electron chi connectivity index (χ2n) is 8.22. The summed E-state index contributed by atoms with van der Waals surface area (Å²) in [5.74, 6) is 1.32. The molecule has 1 N–H and O–H groups in total. The lowest BCUT2D eigenvalue weighted by atomic mass is 10.1. The monoisotopic (exact) mass is 431 g/mol. The molecule has 3 aromatic rings. The molecule has 5 rings (SSSR count). The van der Waals surface area contributed by atoms with Crippen LogP contribution < -0.4 is 0 Å². The Kier molecular flexibility index (Phi) is 5.10. The molecule has 0 bridgehead atoms. The molecule has 2 aliphatic rings. The fourth-order valence-corrected chi connectivity index (χ4v) is 4.03. The summed E-state index contributed by atoms with van der Waals surface area (Å²) in [5.41, 5.74) is 1.64. The average molecular weight is 431 g/mol. The fourth-order valence-electron chi connectivity index (χ4n) is 4.03. The van der Waals surface area contributed by atoms with Crippen LogP contribution in [-0.4, -0.2) is 57.3 Å². The van der Waals surface area contributed by atoms with Gasteiger partial charge in [-0.1, -0.05) is 6.58 Å². The first-order valence-corrected chi connectivity index (χ1v) is 10.5. The summed E-state index contributed by atoms with van der Waals surface area (Å²) in [6.07, 6.45) is 2.91. The first kappa shape index (κ1) is 20.3. The molecule has 3 aromatic heterocycles. The molecule has 1 aliphatic heterocycles. The summed E-state index contributed by atoms with van der Waals surface area (Å²) in [7, 11) is 0. The minimum absolute atomic E-state index is 0.0543. The van der Waals surface area contributed by atoms with E-state index in [1.165, 1.54) is 6.07 Å². The molecule has 1 aliphatic carbocycles. The Morgan fingerprint density at radius 1 is 1.26 bits per heavy atom. The third-order valence-electron chi connectivity index (χ3n) is 5.97. The number of fused-ring (bicyclic) bond motifs is 1. The maximum atomic E-state index is 13.3. The van der Waals surface area contributed by atoms with Gasteiger partial charge in [-0.2, -0.15) is 13.2 Å². The number of ether oxygens (including phenoxy) is 1. The number of imidazole rings is 1. The van der Waals surface area contributed by atoms with Crippen LogP contribution in [0.3, 0.4) is 0 Å².